The van der Waals surface area contributed by atoms with E-state index in [0.29, 0.717) is 6.04 Å². The molecule has 0 bridgehead atoms. The van der Waals surface area contributed by atoms with Crippen LogP contribution in [0.15, 0.2) is 0 Å². The Morgan fingerprint density at radius 1 is 1.19 bits per heavy atom. The third-order valence-corrected chi connectivity index (χ3v) is 4.14. The van der Waals surface area contributed by atoms with E-state index in [0.717, 1.165) is 25.3 Å². The first kappa shape index (κ1) is 14.0. The van der Waals surface area contributed by atoms with Crippen LogP contribution >= 0.6 is 0 Å². The zero-order valence-corrected chi connectivity index (χ0v) is 11.3. The lowest BCUT2D eigenvalue weighted by molar-refractivity contribution is 0.0787. The van der Waals surface area contributed by atoms with Crippen molar-refractivity contribution in [2.45, 2.75) is 70.9 Å². The maximum atomic E-state index is 9.81. The summed E-state index contributed by atoms with van der Waals surface area (Å²) in [5.41, 5.74) is 0. The fourth-order valence-electron chi connectivity index (χ4n) is 2.90. The Bertz CT molecular complexity index is 176. The summed E-state index contributed by atoms with van der Waals surface area (Å²) in [4.78, 5) is 2.38. The normalized spacial score (nSPS) is 28.3. The van der Waals surface area contributed by atoms with Crippen LogP contribution in [0.25, 0.3) is 0 Å². The van der Waals surface area contributed by atoms with Crippen molar-refractivity contribution in [2.75, 3.05) is 13.6 Å². The van der Waals surface area contributed by atoms with Crippen LogP contribution in [0, 0.1) is 5.92 Å². The smallest absolute Gasteiger partial charge is 0.0667 e. The molecule has 2 nitrogen and oxygen atoms in total. The minimum Gasteiger partial charge on any atom is -0.392 e. The molecule has 1 N–H and O–H groups in total. The second-order valence-electron chi connectivity index (χ2n) is 5.46. The van der Waals surface area contributed by atoms with Crippen LogP contribution < -0.4 is 0 Å². The van der Waals surface area contributed by atoms with Gasteiger partial charge in [-0.15, -0.1) is 0 Å². The lowest BCUT2D eigenvalue weighted by Crippen LogP contribution is -2.39. The number of hydrogen-bond donors (Lipinski definition) is 1. The summed E-state index contributed by atoms with van der Waals surface area (Å²) in [7, 11) is 2.18. The van der Waals surface area contributed by atoms with Crippen molar-refractivity contribution in [3.8, 4) is 0 Å². The molecule has 1 atom stereocenters. The molecule has 0 aromatic rings. The Balaban J connectivity index is 2.24. The molecule has 1 rings (SSSR count). The van der Waals surface area contributed by atoms with Gasteiger partial charge in [-0.05, 0) is 45.1 Å². The quantitative estimate of drug-likeness (QED) is 0.754. The Morgan fingerprint density at radius 2 is 1.81 bits per heavy atom. The minimum atomic E-state index is -0.126. The van der Waals surface area contributed by atoms with Crippen molar-refractivity contribution < 1.29 is 5.11 Å². The third kappa shape index (κ3) is 4.42. The summed E-state index contributed by atoms with van der Waals surface area (Å²) in [5.74, 6) is 0.963. The summed E-state index contributed by atoms with van der Waals surface area (Å²) >= 11 is 0. The van der Waals surface area contributed by atoms with Gasteiger partial charge in [0.15, 0.2) is 0 Å². The van der Waals surface area contributed by atoms with Crippen LogP contribution in [-0.2, 0) is 0 Å². The monoisotopic (exact) mass is 227 g/mol. The molecule has 1 aliphatic rings. The van der Waals surface area contributed by atoms with Gasteiger partial charge in [-0.1, -0.05) is 26.7 Å². The number of aliphatic hydroxyl groups is 1. The number of nitrogens with zero attached hydrogens (tertiary/aromatic N) is 1. The van der Waals surface area contributed by atoms with Crippen molar-refractivity contribution in [3.63, 3.8) is 0 Å². The van der Waals surface area contributed by atoms with Crippen molar-refractivity contribution in [1.29, 1.82) is 0 Å². The molecule has 0 spiro atoms. The summed E-state index contributed by atoms with van der Waals surface area (Å²) in [6.07, 6.45) is 8.66. The maximum absolute atomic E-state index is 9.81. The van der Waals surface area contributed by atoms with E-state index in [9.17, 15) is 5.11 Å². The molecule has 1 fully saturated rings. The highest BCUT2D eigenvalue weighted by Gasteiger charge is 2.23. The molecule has 0 aromatic carbocycles. The molecule has 0 aliphatic heterocycles. The van der Waals surface area contributed by atoms with Gasteiger partial charge in [0.05, 0.1) is 6.10 Å². The van der Waals surface area contributed by atoms with Gasteiger partial charge >= 0.3 is 0 Å². The van der Waals surface area contributed by atoms with E-state index in [4.69, 9.17) is 0 Å². The third-order valence-electron chi connectivity index (χ3n) is 4.14. The molecular weight excluding hydrogens is 198 g/mol. The van der Waals surface area contributed by atoms with Crippen LogP contribution in [0.1, 0.15) is 58.8 Å². The predicted molar refractivity (Wildman–Crippen MR) is 69.6 cm³/mol. The first-order valence-corrected chi connectivity index (χ1v) is 7.05. The zero-order valence-electron chi connectivity index (χ0n) is 11.3. The van der Waals surface area contributed by atoms with E-state index < -0.39 is 0 Å². The van der Waals surface area contributed by atoms with E-state index in [1.165, 1.54) is 32.1 Å². The highest BCUT2D eigenvalue weighted by molar-refractivity contribution is 4.78. The Kier molecular flexibility index (Phi) is 6.37. The first-order chi connectivity index (χ1) is 7.67. The van der Waals surface area contributed by atoms with E-state index in [2.05, 4.69) is 25.8 Å². The number of aliphatic hydroxyl groups excluding tert-OH is 1. The highest BCUT2D eigenvalue weighted by atomic mass is 16.3. The second kappa shape index (κ2) is 7.29. The number of rotatable bonds is 6. The maximum Gasteiger partial charge on any atom is 0.0667 e. The van der Waals surface area contributed by atoms with Crippen LogP contribution in [0.5, 0.6) is 0 Å². The van der Waals surface area contributed by atoms with E-state index in [1.54, 1.807) is 0 Å². The summed E-state index contributed by atoms with van der Waals surface area (Å²) in [5, 5.41) is 9.81. The molecule has 96 valence electrons. The summed E-state index contributed by atoms with van der Waals surface area (Å²) < 4.78 is 0. The van der Waals surface area contributed by atoms with Crippen LogP contribution in [0.2, 0.25) is 0 Å². The molecular formula is C14H29NO. The van der Waals surface area contributed by atoms with Gasteiger partial charge in [0.1, 0.15) is 0 Å². The predicted octanol–water partition coefficient (Wildman–Crippen LogP) is 3.05. The van der Waals surface area contributed by atoms with Crippen molar-refractivity contribution >= 4 is 0 Å². The fraction of sp³-hybridized carbons (Fsp3) is 1.00. The van der Waals surface area contributed by atoms with Gasteiger partial charge in [-0.2, -0.15) is 0 Å². The molecule has 0 heterocycles. The average Bonchev–Trinajstić information content (AvgIpc) is 2.29. The molecule has 1 aliphatic carbocycles. The largest absolute Gasteiger partial charge is 0.392 e. The molecule has 0 aromatic heterocycles. The Labute approximate surface area is 101 Å². The highest BCUT2D eigenvalue weighted by Crippen LogP contribution is 2.28. The first-order valence-electron chi connectivity index (χ1n) is 7.05. The molecule has 1 saturated carbocycles. The van der Waals surface area contributed by atoms with Crippen molar-refractivity contribution in [2.24, 2.45) is 5.92 Å². The molecule has 0 amide bonds. The Morgan fingerprint density at radius 3 is 2.31 bits per heavy atom. The SMILES string of the molecule is CCCC(O)CN(C)C1CCC(CC)CC1. The number of hydrogen-bond acceptors (Lipinski definition) is 2. The van der Waals surface area contributed by atoms with Gasteiger partial charge in [0, 0.05) is 12.6 Å². The van der Waals surface area contributed by atoms with E-state index in [-0.39, 0.29) is 6.10 Å². The standard InChI is InChI=1S/C14H29NO/c1-4-6-14(16)11-15(3)13-9-7-12(5-2)8-10-13/h12-14,16H,4-11H2,1-3H3. The Hall–Kier alpha value is -0.0800. The molecule has 2 heteroatoms. The number of likely N-dealkylation sites (N-methyl/N-ethyl adjacent to an activating group) is 1. The van der Waals surface area contributed by atoms with Crippen LogP contribution in [0.4, 0.5) is 0 Å². The van der Waals surface area contributed by atoms with Crippen LogP contribution in [-0.4, -0.2) is 35.7 Å². The topological polar surface area (TPSA) is 23.5 Å². The van der Waals surface area contributed by atoms with Crippen molar-refractivity contribution in [1.82, 2.24) is 4.90 Å². The van der Waals surface area contributed by atoms with Gasteiger partial charge in [-0.3, -0.25) is 0 Å². The van der Waals surface area contributed by atoms with Gasteiger partial charge in [-0.25, -0.2) is 0 Å². The zero-order chi connectivity index (χ0) is 12.0. The van der Waals surface area contributed by atoms with E-state index in [1.807, 2.05) is 0 Å². The van der Waals surface area contributed by atoms with E-state index >= 15 is 0 Å². The lowest BCUT2D eigenvalue weighted by Gasteiger charge is -2.35. The van der Waals surface area contributed by atoms with Crippen molar-refractivity contribution in [3.05, 3.63) is 0 Å². The molecule has 1 unspecified atom stereocenters. The lowest BCUT2D eigenvalue weighted by atomic mass is 9.84. The fourth-order valence-corrected chi connectivity index (χ4v) is 2.90. The van der Waals surface area contributed by atoms with Gasteiger partial charge < -0.3 is 10.0 Å². The minimum absolute atomic E-state index is 0.126. The van der Waals surface area contributed by atoms with Gasteiger partial charge in [0.25, 0.3) is 0 Å². The van der Waals surface area contributed by atoms with Gasteiger partial charge in [0.2, 0.25) is 0 Å². The van der Waals surface area contributed by atoms with Crippen LogP contribution in [0.3, 0.4) is 0 Å². The summed E-state index contributed by atoms with van der Waals surface area (Å²) in [6, 6.07) is 0.717. The molecule has 0 radical (unpaired) electrons. The molecule has 0 saturated heterocycles. The summed E-state index contributed by atoms with van der Waals surface area (Å²) in [6.45, 7) is 5.30. The molecule has 16 heavy (non-hydrogen) atoms. The average molecular weight is 227 g/mol. The second-order valence-corrected chi connectivity index (χ2v) is 5.46.